The predicted octanol–water partition coefficient (Wildman–Crippen LogP) is 15.6. The Morgan fingerprint density at radius 3 is 1.43 bits per heavy atom. The molecule has 2 atom stereocenters. The number of benzene rings is 1. The maximum Gasteiger partial charge on any atom is 0.260 e. The number of nitrogens with zero attached hydrogens (tertiary/aromatic N) is 2. The molecule has 0 saturated heterocycles. The smallest absolute Gasteiger partial charge is 0.260 e. The molecule has 2 aromatic rings. The molecule has 1 aromatic heterocycles. The normalized spacial score (nSPS) is 16.6. The topological polar surface area (TPSA) is 40.6 Å². The molecule has 0 saturated carbocycles. The number of fused-ring (bicyclic) bond motifs is 2. The van der Waals surface area contributed by atoms with E-state index in [1.165, 1.54) is 128 Å². The summed E-state index contributed by atoms with van der Waals surface area (Å²) in [6.45, 7) is 10.5. The molecule has 4 rings (SSSR count). The highest BCUT2D eigenvalue weighted by Crippen LogP contribution is 2.51. The van der Waals surface area contributed by atoms with Crippen molar-refractivity contribution in [2.45, 2.75) is 182 Å². The lowest BCUT2D eigenvalue weighted by molar-refractivity contribution is -0.114. The first-order chi connectivity index (χ1) is 25.8. The van der Waals surface area contributed by atoms with Gasteiger partial charge in [-0.25, -0.2) is 0 Å². The summed E-state index contributed by atoms with van der Waals surface area (Å²) in [7, 11) is 0. The molecule has 0 bridgehead atoms. The zero-order chi connectivity index (χ0) is 38.0. The largest absolute Gasteiger partial charge is 0.307 e. The lowest BCUT2D eigenvalue weighted by Crippen LogP contribution is -2.34. The fourth-order valence-corrected chi connectivity index (χ4v) is 10.5. The fraction of sp³-hybridized carbons (Fsp3) is 0.696. The van der Waals surface area contributed by atoms with Gasteiger partial charge in [-0.1, -0.05) is 178 Å². The summed E-state index contributed by atoms with van der Waals surface area (Å²) < 4.78 is 1.98. The number of carbonyl (C=O) groups excluding carboxylic acids is 2. The molecule has 2 amide bonds. The highest BCUT2D eigenvalue weighted by molar-refractivity contribution is 9.11. The van der Waals surface area contributed by atoms with Gasteiger partial charge in [0.25, 0.3) is 11.8 Å². The van der Waals surface area contributed by atoms with Gasteiger partial charge in [0.1, 0.15) is 0 Å². The molecule has 1 aromatic carbocycles. The quantitative estimate of drug-likeness (QED) is 0.0631. The average Bonchev–Trinajstić information content (AvgIpc) is 3.73. The van der Waals surface area contributed by atoms with Crippen LogP contribution in [0.5, 0.6) is 0 Å². The summed E-state index contributed by atoms with van der Waals surface area (Å²) in [5.41, 5.74) is 4.07. The highest BCUT2D eigenvalue weighted by atomic mass is 79.9. The number of thiophene rings is 1. The van der Waals surface area contributed by atoms with Crippen LogP contribution in [0.25, 0.3) is 11.1 Å². The summed E-state index contributed by atoms with van der Waals surface area (Å²) in [4.78, 5) is 34.6. The van der Waals surface area contributed by atoms with E-state index in [2.05, 4.69) is 77.8 Å². The zero-order valence-corrected chi connectivity index (χ0v) is 37.7. The molecule has 296 valence electrons. The van der Waals surface area contributed by atoms with E-state index < -0.39 is 0 Å². The molecule has 2 aliphatic heterocycles. The van der Waals surface area contributed by atoms with E-state index in [-0.39, 0.29) is 11.8 Å². The molecular formula is C46H70Br2N2O2S. The lowest BCUT2D eigenvalue weighted by Gasteiger charge is -2.25. The number of hydrogen-bond acceptors (Lipinski definition) is 3. The van der Waals surface area contributed by atoms with Crippen molar-refractivity contribution in [1.29, 1.82) is 0 Å². The summed E-state index contributed by atoms with van der Waals surface area (Å²) >= 11 is 9.11. The summed E-state index contributed by atoms with van der Waals surface area (Å²) in [6, 6.07) is 8.33. The minimum atomic E-state index is 0.00321. The van der Waals surface area contributed by atoms with Gasteiger partial charge in [0.05, 0.1) is 31.2 Å². The monoisotopic (exact) mass is 872 g/mol. The molecule has 3 heterocycles. The third-order valence-electron chi connectivity index (χ3n) is 11.6. The molecular weight excluding hydrogens is 804 g/mol. The molecule has 0 aliphatic carbocycles. The van der Waals surface area contributed by atoms with Crippen LogP contribution in [-0.4, -0.2) is 24.9 Å². The Kier molecular flexibility index (Phi) is 20.3. The van der Waals surface area contributed by atoms with Crippen molar-refractivity contribution in [3.05, 3.63) is 43.0 Å². The van der Waals surface area contributed by atoms with E-state index in [4.69, 9.17) is 0 Å². The predicted molar refractivity (Wildman–Crippen MR) is 238 cm³/mol. The van der Waals surface area contributed by atoms with E-state index in [0.717, 1.165) is 68.8 Å². The highest BCUT2D eigenvalue weighted by Gasteiger charge is 2.44. The Labute approximate surface area is 344 Å². The van der Waals surface area contributed by atoms with Crippen molar-refractivity contribution >= 4 is 77.5 Å². The average molecular weight is 875 g/mol. The molecule has 7 heteroatoms. The van der Waals surface area contributed by atoms with Crippen LogP contribution < -0.4 is 9.80 Å². The SMILES string of the molecule is CCCCCCCCC(CCCCCC)CN1C(=O)/C(=C2\C(=O)N(CC(CCCCCC)CCCCCCCC)c3cc(Br)sc32)c2ccc(Br)cc21. The third-order valence-corrected chi connectivity index (χ3v) is 13.8. The van der Waals surface area contributed by atoms with Crippen molar-refractivity contribution in [2.75, 3.05) is 22.9 Å². The van der Waals surface area contributed by atoms with Gasteiger partial charge in [-0.05, 0) is 71.6 Å². The molecule has 0 radical (unpaired) electrons. The number of carbonyl (C=O) groups is 2. The van der Waals surface area contributed by atoms with Crippen LogP contribution >= 0.6 is 43.2 Å². The van der Waals surface area contributed by atoms with Crippen LogP contribution in [0, 0.1) is 11.8 Å². The number of rotatable bonds is 28. The van der Waals surface area contributed by atoms with Crippen molar-refractivity contribution in [3.8, 4) is 0 Å². The van der Waals surface area contributed by atoms with Gasteiger partial charge < -0.3 is 9.80 Å². The second-order valence-corrected chi connectivity index (χ2v) is 19.4. The number of hydrogen-bond donors (Lipinski definition) is 0. The zero-order valence-electron chi connectivity index (χ0n) is 33.7. The minimum Gasteiger partial charge on any atom is -0.307 e. The lowest BCUT2D eigenvalue weighted by atomic mass is 9.93. The van der Waals surface area contributed by atoms with Crippen LogP contribution in [0.4, 0.5) is 11.4 Å². The summed E-state index contributed by atoms with van der Waals surface area (Å²) in [5, 5.41) is 0. The van der Waals surface area contributed by atoms with E-state index in [1.807, 2.05) is 15.9 Å². The van der Waals surface area contributed by atoms with Crippen molar-refractivity contribution in [1.82, 2.24) is 0 Å². The van der Waals surface area contributed by atoms with E-state index in [9.17, 15) is 9.59 Å². The standard InChI is InChI=1S/C46H70Br2N2O2S/c1-5-9-13-17-19-23-27-35(25-21-15-11-7-3)33-49-39-31-37(47)29-30-38(39)42(45(49)51)43-44-40(32-41(48)53-44)50(46(43)52)34-36(26-22-16-12-8-4)28-24-20-18-14-10-6-2/h29-32,35-36H,5-28,33-34H2,1-4H3/b43-42-. The van der Waals surface area contributed by atoms with Crippen LogP contribution in [-0.2, 0) is 9.59 Å². The summed E-state index contributed by atoms with van der Waals surface area (Å²) in [5.74, 6) is 0.939. The number of unbranched alkanes of at least 4 members (excludes halogenated alkanes) is 16. The van der Waals surface area contributed by atoms with E-state index >= 15 is 0 Å². The summed E-state index contributed by atoms with van der Waals surface area (Å²) in [6.07, 6.45) is 30.1. The van der Waals surface area contributed by atoms with Gasteiger partial charge in [-0.3, -0.25) is 9.59 Å². The van der Waals surface area contributed by atoms with E-state index in [1.54, 1.807) is 11.3 Å². The van der Waals surface area contributed by atoms with Crippen LogP contribution in [0.1, 0.15) is 192 Å². The first-order valence-corrected chi connectivity index (χ1v) is 24.2. The van der Waals surface area contributed by atoms with Crippen molar-refractivity contribution in [3.63, 3.8) is 0 Å². The molecule has 0 N–H and O–H groups in total. The molecule has 2 aliphatic rings. The fourth-order valence-electron chi connectivity index (χ4n) is 8.51. The molecule has 53 heavy (non-hydrogen) atoms. The van der Waals surface area contributed by atoms with Gasteiger partial charge >= 0.3 is 0 Å². The number of amides is 2. The first-order valence-electron chi connectivity index (χ1n) is 21.8. The second-order valence-electron chi connectivity index (χ2n) is 16.1. The Morgan fingerprint density at radius 2 is 0.943 bits per heavy atom. The van der Waals surface area contributed by atoms with Crippen LogP contribution in [0.2, 0.25) is 0 Å². The molecule has 4 nitrogen and oxygen atoms in total. The Hall–Kier alpha value is -1.44. The Balaban J connectivity index is 1.60. The van der Waals surface area contributed by atoms with Gasteiger partial charge in [0.2, 0.25) is 0 Å². The maximum atomic E-state index is 14.8. The van der Waals surface area contributed by atoms with Crippen LogP contribution in [0.15, 0.2) is 32.5 Å². The molecule has 0 fully saturated rings. The van der Waals surface area contributed by atoms with Gasteiger partial charge in [0.15, 0.2) is 0 Å². The second kappa shape index (κ2) is 24.3. The van der Waals surface area contributed by atoms with Gasteiger partial charge in [0, 0.05) is 23.1 Å². The minimum absolute atomic E-state index is 0.00321. The van der Waals surface area contributed by atoms with Crippen molar-refractivity contribution in [2.24, 2.45) is 11.8 Å². The molecule has 0 spiro atoms. The molecule has 2 unspecified atom stereocenters. The van der Waals surface area contributed by atoms with Gasteiger partial charge in [-0.2, -0.15) is 0 Å². The van der Waals surface area contributed by atoms with Crippen molar-refractivity contribution < 1.29 is 9.59 Å². The Morgan fingerprint density at radius 1 is 0.528 bits per heavy atom. The van der Waals surface area contributed by atoms with Crippen LogP contribution in [0.3, 0.4) is 0 Å². The third kappa shape index (κ3) is 13.1. The van der Waals surface area contributed by atoms with Gasteiger partial charge in [-0.15, -0.1) is 11.3 Å². The first kappa shape index (κ1) is 44.3. The maximum absolute atomic E-state index is 14.8. The number of halogens is 2. The Bertz CT molecular complexity index is 1450. The van der Waals surface area contributed by atoms with E-state index in [0.29, 0.717) is 23.0 Å². The number of anilines is 2.